The highest BCUT2D eigenvalue weighted by Crippen LogP contribution is 2.06. The van der Waals surface area contributed by atoms with Crippen molar-refractivity contribution in [2.75, 3.05) is 18.6 Å². The Morgan fingerprint density at radius 2 is 1.64 bits per heavy atom. The fourth-order valence-electron chi connectivity index (χ4n) is 3.30. The number of carbonyl (C=O) groups is 4. The largest absolute Gasteiger partial charge is 0.480 e. The molecule has 8 N–H and O–H groups in total. The Kier molecular flexibility index (Phi) is 11.9. The second kappa shape index (κ2) is 14.9. The molecule has 0 saturated carbocycles. The SMILES string of the molecule is CSCCC(NC(=O)C(CO)NC(=O)C(N)Cc1ccccc1)C(=O)NC(Cc1cnc[nH]1)C(=O)O. The van der Waals surface area contributed by atoms with Gasteiger partial charge in [-0.15, -0.1) is 0 Å². The van der Waals surface area contributed by atoms with Gasteiger partial charge in [-0.2, -0.15) is 11.8 Å². The van der Waals surface area contributed by atoms with E-state index in [-0.39, 0.29) is 19.3 Å². The van der Waals surface area contributed by atoms with E-state index in [4.69, 9.17) is 5.73 Å². The maximum Gasteiger partial charge on any atom is 0.326 e. The zero-order chi connectivity index (χ0) is 26.5. The first-order valence-corrected chi connectivity index (χ1v) is 12.6. The molecule has 1 aromatic carbocycles. The standard InChI is InChI=1S/C23H32N6O6S/c1-36-8-7-17(21(32)28-18(23(34)35)10-15-11-25-13-26-15)27-22(33)19(12-30)29-20(31)16(24)9-14-5-3-2-4-6-14/h2-6,11,13,16-19,30H,7-10,12,24H2,1H3,(H,25,26)(H,27,33)(H,28,32)(H,29,31)(H,34,35). The minimum Gasteiger partial charge on any atom is -0.480 e. The molecule has 0 bridgehead atoms. The molecule has 0 saturated heterocycles. The Bertz CT molecular complexity index is 990. The highest BCUT2D eigenvalue weighted by Gasteiger charge is 2.30. The zero-order valence-corrected chi connectivity index (χ0v) is 20.7. The van der Waals surface area contributed by atoms with E-state index in [2.05, 4.69) is 25.9 Å². The molecule has 4 unspecified atom stereocenters. The van der Waals surface area contributed by atoms with Gasteiger partial charge in [0.15, 0.2) is 0 Å². The fourth-order valence-corrected chi connectivity index (χ4v) is 3.77. The summed E-state index contributed by atoms with van der Waals surface area (Å²) in [6, 6.07) is 4.45. The number of carbonyl (C=O) groups excluding carboxylic acids is 3. The number of hydrogen-bond donors (Lipinski definition) is 7. The number of nitrogens with one attached hydrogen (secondary N) is 4. The summed E-state index contributed by atoms with van der Waals surface area (Å²) in [4.78, 5) is 56.4. The molecule has 196 valence electrons. The fraction of sp³-hybridized carbons (Fsp3) is 0.435. The maximum absolute atomic E-state index is 12.9. The molecule has 2 aromatic rings. The Hall–Kier alpha value is -3.42. The van der Waals surface area contributed by atoms with Gasteiger partial charge in [0.05, 0.1) is 19.0 Å². The van der Waals surface area contributed by atoms with E-state index in [9.17, 15) is 29.4 Å². The third kappa shape index (κ3) is 9.32. The Morgan fingerprint density at radius 3 is 2.22 bits per heavy atom. The van der Waals surface area contributed by atoms with Gasteiger partial charge in [-0.05, 0) is 30.4 Å². The first-order valence-electron chi connectivity index (χ1n) is 11.3. The Balaban J connectivity index is 2.01. The van der Waals surface area contributed by atoms with Crippen LogP contribution in [0, 0.1) is 0 Å². The number of rotatable bonds is 15. The molecule has 3 amide bonds. The van der Waals surface area contributed by atoms with E-state index in [0.717, 1.165) is 5.56 Å². The first kappa shape index (κ1) is 28.8. The number of hydrogen-bond acceptors (Lipinski definition) is 8. The van der Waals surface area contributed by atoms with Crippen LogP contribution >= 0.6 is 11.8 Å². The van der Waals surface area contributed by atoms with Crippen molar-refractivity contribution in [2.45, 2.75) is 43.4 Å². The lowest BCUT2D eigenvalue weighted by atomic mass is 10.1. The molecule has 1 aromatic heterocycles. The average Bonchev–Trinajstić information content (AvgIpc) is 3.38. The molecule has 0 aliphatic carbocycles. The molecule has 13 heteroatoms. The molecule has 36 heavy (non-hydrogen) atoms. The molecule has 0 aliphatic heterocycles. The molecular weight excluding hydrogens is 488 g/mol. The van der Waals surface area contributed by atoms with Crippen LogP contribution < -0.4 is 21.7 Å². The summed E-state index contributed by atoms with van der Waals surface area (Å²) in [5, 5.41) is 26.6. The van der Waals surface area contributed by atoms with E-state index >= 15 is 0 Å². The van der Waals surface area contributed by atoms with Crippen LogP contribution in [0.4, 0.5) is 0 Å². The third-order valence-corrected chi connectivity index (χ3v) is 5.93. The number of benzene rings is 1. The van der Waals surface area contributed by atoms with Crippen molar-refractivity contribution in [3.8, 4) is 0 Å². The summed E-state index contributed by atoms with van der Waals surface area (Å²) in [5.41, 5.74) is 7.30. The van der Waals surface area contributed by atoms with E-state index in [1.165, 1.54) is 24.3 Å². The number of H-pyrrole nitrogens is 1. The second-order valence-electron chi connectivity index (χ2n) is 8.06. The maximum atomic E-state index is 12.9. The summed E-state index contributed by atoms with van der Waals surface area (Å²) >= 11 is 1.44. The number of aliphatic hydroxyl groups excluding tert-OH is 1. The predicted molar refractivity (Wildman–Crippen MR) is 134 cm³/mol. The van der Waals surface area contributed by atoms with Crippen LogP contribution in [0.15, 0.2) is 42.9 Å². The van der Waals surface area contributed by atoms with Crippen LogP contribution in [0.25, 0.3) is 0 Å². The highest BCUT2D eigenvalue weighted by atomic mass is 32.2. The van der Waals surface area contributed by atoms with Crippen molar-refractivity contribution in [3.63, 3.8) is 0 Å². The van der Waals surface area contributed by atoms with Gasteiger partial charge in [0.25, 0.3) is 0 Å². The van der Waals surface area contributed by atoms with Crippen LogP contribution in [0.5, 0.6) is 0 Å². The van der Waals surface area contributed by atoms with Crippen molar-refractivity contribution in [2.24, 2.45) is 5.73 Å². The summed E-state index contributed by atoms with van der Waals surface area (Å²) in [6.45, 7) is -0.718. The molecule has 0 fully saturated rings. The molecule has 1 heterocycles. The highest BCUT2D eigenvalue weighted by molar-refractivity contribution is 7.98. The van der Waals surface area contributed by atoms with E-state index in [1.54, 1.807) is 0 Å². The number of carboxylic acid groups (broad SMARTS) is 1. The molecule has 2 rings (SSSR count). The minimum absolute atomic E-state index is 0.0289. The number of aliphatic hydroxyl groups is 1. The lowest BCUT2D eigenvalue weighted by Crippen LogP contribution is -2.58. The van der Waals surface area contributed by atoms with Gasteiger partial charge in [0, 0.05) is 18.3 Å². The van der Waals surface area contributed by atoms with Gasteiger partial charge >= 0.3 is 5.97 Å². The van der Waals surface area contributed by atoms with Crippen LogP contribution in [0.1, 0.15) is 17.7 Å². The van der Waals surface area contributed by atoms with Crippen molar-refractivity contribution in [1.82, 2.24) is 25.9 Å². The van der Waals surface area contributed by atoms with Crippen LogP contribution in [-0.4, -0.2) is 86.7 Å². The van der Waals surface area contributed by atoms with Gasteiger partial charge in [0.2, 0.25) is 17.7 Å². The van der Waals surface area contributed by atoms with E-state index in [1.807, 2.05) is 36.6 Å². The topological polar surface area (TPSA) is 200 Å². The summed E-state index contributed by atoms with van der Waals surface area (Å²) in [6.07, 6.45) is 5.07. The van der Waals surface area contributed by atoms with Crippen molar-refractivity contribution >= 4 is 35.5 Å². The number of nitrogens with zero attached hydrogens (tertiary/aromatic N) is 1. The summed E-state index contributed by atoms with van der Waals surface area (Å²) in [7, 11) is 0. The van der Waals surface area contributed by atoms with Gasteiger partial charge in [0.1, 0.15) is 18.1 Å². The van der Waals surface area contributed by atoms with Gasteiger partial charge in [-0.25, -0.2) is 9.78 Å². The van der Waals surface area contributed by atoms with Crippen molar-refractivity contribution < 1.29 is 29.4 Å². The third-order valence-electron chi connectivity index (χ3n) is 5.29. The monoisotopic (exact) mass is 520 g/mol. The number of aromatic nitrogens is 2. The lowest BCUT2D eigenvalue weighted by molar-refractivity contribution is -0.142. The molecule has 12 nitrogen and oxygen atoms in total. The predicted octanol–water partition coefficient (Wildman–Crippen LogP) is -1.19. The van der Waals surface area contributed by atoms with Crippen LogP contribution in [0.2, 0.25) is 0 Å². The normalized spacial score (nSPS) is 14.2. The number of carboxylic acids is 1. The zero-order valence-electron chi connectivity index (χ0n) is 19.8. The van der Waals surface area contributed by atoms with Gasteiger partial charge in [-0.1, -0.05) is 30.3 Å². The Labute approximate surface area is 212 Å². The van der Waals surface area contributed by atoms with Crippen molar-refractivity contribution in [1.29, 1.82) is 0 Å². The van der Waals surface area contributed by atoms with Gasteiger partial charge < -0.3 is 36.9 Å². The summed E-state index contributed by atoms with van der Waals surface area (Å²) in [5.74, 6) is -2.88. The first-order chi connectivity index (χ1) is 17.2. The van der Waals surface area contributed by atoms with Gasteiger partial charge in [-0.3, -0.25) is 14.4 Å². The average molecular weight is 521 g/mol. The molecule has 0 radical (unpaired) electrons. The number of aliphatic carboxylic acids is 1. The number of thioether (sulfide) groups is 1. The number of nitrogens with two attached hydrogens (primary N) is 1. The van der Waals surface area contributed by atoms with Crippen LogP contribution in [-0.2, 0) is 32.0 Å². The quantitative estimate of drug-likeness (QED) is 0.151. The van der Waals surface area contributed by atoms with Crippen LogP contribution in [0.3, 0.4) is 0 Å². The lowest BCUT2D eigenvalue weighted by Gasteiger charge is -2.24. The molecule has 0 spiro atoms. The number of amides is 3. The molecular formula is C23H32N6O6S. The molecule has 0 aliphatic rings. The smallest absolute Gasteiger partial charge is 0.326 e. The van der Waals surface area contributed by atoms with E-state index in [0.29, 0.717) is 11.4 Å². The molecule has 4 atom stereocenters. The number of aromatic amines is 1. The summed E-state index contributed by atoms with van der Waals surface area (Å²) < 4.78 is 0. The minimum atomic E-state index is -1.34. The second-order valence-corrected chi connectivity index (χ2v) is 9.05. The van der Waals surface area contributed by atoms with E-state index < -0.39 is 54.5 Å². The Morgan fingerprint density at radius 1 is 1.00 bits per heavy atom. The number of imidazole rings is 1. The van der Waals surface area contributed by atoms with Crippen molar-refractivity contribution in [3.05, 3.63) is 54.1 Å².